The lowest BCUT2D eigenvalue weighted by molar-refractivity contribution is -0.143. The molecule has 0 spiro atoms. The van der Waals surface area contributed by atoms with Gasteiger partial charge in [0.25, 0.3) is 5.91 Å². The van der Waals surface area contributed by atoms with Crippen LogP contribution in [0.1, 0.15) is 42.7 Å². The summed E-state index contributed by atoms with van der Waals surface area (Å²) in [4.78, 5) is 28.8. The number of carbonyl (C=O) groups excluding carboxylic acids is 2. The number of rotatable bonds is 8. The molecule has 2 rings (SSSR count). The molecule has 1 atom stereocenters. The first-order valence-electron chi connectivity index (χ1n) is 9.06. The number of halogens is 1. The summed E-state index contributed by atoms with van der Waals surface area (Å²) in [5.74, 6) is -0.681. The second-order valence-corrected chi connectivity index (χ2v) is 7.61. The highest BCUT2D eigenvalue weighted by molar-refractivity contribution is 6.30. The summed E-state index contributed by atoms with van der Waals surface area (Å²) in [6.45, 7) is 6.66. The smallest absolute Gasteiger partial charge is 0.333 e. The van der Waals surface area contributed by atoms with Crippen LogP contribution >= 0.6 is 11.6 Å². The average Bonchev–Trinajstić information content (AvgIpc) is 2.69. The minimum Gasteiger partial charge on any atom is -0.475 e. The Bertz CT molecular complexity index is 816. The Hall–Kier alpha value is -2.64. The maximum atomic E-state index is 12.6. The maximum Gasteiger partial charge on any atom is 0.333 e. The lowest BCUT2D eigenvalue weighted by Gasteiger charge is -2.19. The Morgan fingerprint density at radius 2 is 1.79 bits per heavy atom. The molecule has 1 N–H and O–H groups in total. The molecule has 1 aromatic heterocycles. The SMILES string of the molecule is COC(=O)C(NC(=O)c1ccc(OCCOC(C)(C)C)nc1)c1ccc(Cl)cc1. The molecule has 1 aromatic carbocycles. The Morgan fingerprint density at radius 3 is 2.34 bits per heavy atom. The Labute approximate surface area is 175 Å². The topological polar surface area (TPSA) is 86.8 Å². The van der Waals surface area contributed by atoms with E-state index >= 15 is 0 Å². The van der Waals surface area contributed by atoms with Crippen LogP contribution in [0.25, 0.3) is 0 Å². The number of methoxy groups -OCH3 is 1. The second-order valence-electron chi connectivity index (χ2n) is 7.18. The van der Waals surface area contributed by atoms with E-state index in [2.05, 4.69) is 10.3 Å². The molecule has 0 aliphatic rings. The van der Waals surface area contributed by atoms with E-state index in [9.17, 15) is 9.59 Å². The predicted octanol–water partition coefficient (Wildman–Crippen LogP) is 3.57. The van der Waals surface area contributed by atoms with Crippen LogP contribution in [0.5, 0.6) is 5.88 Å². The minimum absolute atomic E-state index is 0.237. The van der Waals surface area contributed by atoms with Crippen molar-refractivity contribution in [3.8, 4) is 5.88 Å². The summed E-state index contributed by atoms with van der Waals surface area (Å²) in [6, 6.07) is 8.76. The van der Waals surface area contributed by atoms with Gasteiger partial charge in [-0.1, -0.05) is 23.7 Å². The zero-order chi connectivity index (χ0) is 21.4. The van der Waals surface area contributed by atoms with Gasteiger partial charge in [0, 0.05) is 17.3 Å². The van der Waals surface area contributed by atoms with Crippen molar-refractivity contribution >= 4 is 23.5 Å². The summed E-state index contributed by atoms with van der Waals surface area (Å²) in [6.07, 6.45) is 1.38. The van der Waals surface area contributed by atoms with Gasteiger partial charge in [-0.15, -0.1) is 0 Å². The van der Waals surface area contributed by atoms with Crippen molar-refractivity contribution in [1.82, 2.24) is 10.3 Å². The largest absolute Gasteiger partial charge is 0.475 e. The van der Waals surface area contributed by atoms with Gasteiger partial charge in [0.05, 0.1) is 24.9 Å². The second kappa shape index (κ2) is 10.2. The third-order valence-corrected chi connectivity index (χ3v) is 4.03. The third-order valence-electron chi connectivity index (χ3n) is 3.78. The van der Waals surface area contributed by atoms with Crippen LogP contribution in [0, 0.1) is 0 Å². The molecule has 2 aromatic rings. The molecule has 0 fully saturated rings. The fourth-order valence-corrected chi connectivity index (χ4v) is 2.49. The van der Waals surface area contributed by atoms with Crippen molar-refractivity contribution in [2.45, 2.75) is 32.4 Å². The van der Waals surface area contributed by atoms with Gasteiger partial charge in [-0.05, 0) is 44.5 Å². The first kappa shape index (κ1) is 22.6. The van der Waals surface area contributed by atoms with Gasteiger partial charge >= 0.3 is 5.97 Å². The summed E-state index contributed by atoms with van der Waals surface area (Å²) in [5, 5.41) is 3.18. The lowest BCUT2D eigenvalue weighted by atomic mass is 10.1. The first-order valence-corrected chi connectivity index (χ1v) is 9.44. The number of aromatic nitrogens is 1. The molecule has 0 saturated carbocycles. The number of amides is 1. The zero-order valence-corrected chi connectivity index (χ0v) is 17.7. The monoisotopic (exact) mass is 420 g/mol. The number of hydrogen-bond acceptors (Lipinski definition) is 6. The van der Waals surface area contributed by atoms with E-state index in [0.717, 1.165) is 0 Å². The van der Waals surface area contributed by atoms with Gasteiger partial charge in [-0.3, -0.25) is 4.79 Å². The molecule has 1 heterocycles. The van der Waals surface area contributed by atoms with E-state index in [1.54, 1.807) is 36.4 Å². The molecular formula is C21H25ClN2O5. The van der Waals surface area contributed by atoms with Crippen molar-refractivity contribution < 1.29 is 23.8 Å². The van der Waals surface area contributed by atoms with Crippen LogP contribution in [0.15, 0.2) is 42.6 Å². The molecule has 0 aliphatic carbocycles. The van der Waals surface area contributed by atoms with Gasteiger partial charge in [-0.2, -0.15) is 0 Å². The quantitative estimate of drug-likeness (QED) is 0.519. The van der Waals surface area contributed by atoms with Crippen LogP contribution in [0.4, 0.5) is 0 Å². The lowest BCUT2D eigenvalue weighted by Crippen LogP contribution is -2.34. The van der Waals surface area contributed by atoms with Gasteiger partial charge < -0.3 is 19.5 Å². The number of esters is 1. The number of nitrogens with zero attached hydrogens (tertiary/aromatic N) is 1. The summed E-state index contributed by atoms with van der Waals surface area (Å²) in [7, 11) is 1.26. The van der Waals surface area contributed by atoms with Crippen LogP contribution in [-0.4, -0.2) is 42.8 Å². The van der Waals surface area contributed by atoms with Crippen molar-refractivity contribution in [3.63, 3.8) is 0 Å². The summed E-state index contributed by atoms with van der Waals surface area (Å²) in [5.41, 5.74) is 0.603. The molecule has 0 radical (unpaired) electrons. The average molecular weight is 421 g/mol. The highest BCUT2D eigenvalue weighted by atomic mass is 35.5. The third kappa shape index (κ3) is 7.36. The van der Waals surface area contributed by atoms with Crippen LogP contribution in [0.2, 0.25) is 5.02 Å². The molecule has 0 bridgehead atoms. The van der Waals surface area contributed by atoms with Crippen LogP contribution < -0.4 is 10.1 Å². The fraction of sp³-hybridized carbons (Fsp3) is 0.381. The summed E-state index contributed by atoms with van der Waals surface area (Å²) >= 11 is 5.88. The van der Waals surface area contributed by atoms with Crippen molar-refractivity contribution in [2.24, 2.45) is 0 Å². The van der Waals surface area contributed by atoms with Gasteiger partial charge in [-0.25, -0.2) is 9.78 Å². The molecular weight excluding hydrogens is 396 g/mol. The molecule has 1 amide bonds. The molecule has 0 aliphatic heterocycles. The zero-order valence-electron chi connectivity index (χ0n) is 16.9. The van der Waals surface area contributed by atoms with E-state index in [4.69, 9.17) is 25.8 Å². The van der Waals surface area contributed by atoms with E-state index in [1.165, 1.54) is 13.3 Å². The Kier molecular flexibility index (Phi) is 7.99. The highest BCUT2D eigenvalue weighted by Crippen LogP contribution is 2.19. The highest BCUT2D eigenvalue weighted by Gasteiger charge is 2.24. The van der Waals surface area contributed by atoms with Crippen LogP contribution in [0.3, 0.4) is 0 Å². The van der Waals surface area contributed by atoms with E-state index < -0.39 is 17.9 Å². The number of hydrogen-bond donors (Lipinski definition) is 1. The maximum absolute atomic E-state index is 12.6. The molecule has 8 heteroatoms. The van der Waals surface area contributed by atoms with Gasteiger partial charge in [0.2, 0.25) is 5.88 Å². The fourth-order valence-electron chi connectivity index (χ4n) is 2.36. The van der Waals surface area contributed by atoms with Crippen molar-refractivity contribution in [2.75, 3.05) is 20.3 Å². The van der Waals surface area contributed by atoms with E-state index in [0.29, 0.717) is 29.7 Å². The number of ether oxygens (including phenoxy) is 3. The Balaban J connectivity index is 1.99. The molecule has 156 valence electrons. The number of pyridine rings is 1. The summed E-state index contributed by atoms with van der Waals surface area (Å²) < 4.78 is 15.9. The molecule has 0 saturated heterocycles. The Morgan fingerprint density at radius 1 is 1.10 bits per heavy atom. The molecule has 29 heavy (non-hydrogen) atoms. The minimum atomic E-state index is -0.963. The van der Waals surface area contributed by atoms with E-state index in [-0.39, 0.29) is 11.2 Å². The van der Waals surface area contributed by atoms with Crippen molar-refractivity contribution in [3.05, 3.63) is 58.7 Å². The molecule has 1 unspecified atom stereocenters. The van der Waals surface area contributed by atoms with Crippen LogP contribution in [-0.2, 0) is 14.3 Å². The standard InChI is InChI=1S/C21H25ClN2O5/c1-21(2,3)29-12-11-28-17-10-7-15(13-23-17)19(25)24-18(20(26)27-4)14-5-8-16(22)9-6-14/h5-10,13,18H,11-12H2,1-4H3,(H,24,25). The normalized spacial score (nSPS) is 12.2. The van der Waals surface area contributed by atoms with Gasteiger partial charge in [0.1, 0.15) is 6.61 Å². The number of nitrogens with one attached hydrogen (secondary N) is 1. The number of benzene rings is 1. The first-order chi connectivity index (χ1) is 13.7. The van der Waals surface area contributed by atoms with Crippen molar-refractivity contribution in [1.29, 1.82) is 0 Å². The number of carbonyl (C=O) groups is 2. The molecule has 7 nitrogen and oxygen atoms in total. The van der Waals surface area contributed by atoms with Gasteiger partial charge in [0.15, 0.2) is 6.04 Å². The predicted molar refractivity (Wildman–Crippen MR) is 109 cm³/mol. The van der Waals surface area contributed by atoms with E-state index in [1.807, 2.05) is 20.8 Å².